The fourth-order valence-electron chi connectivity index (χ4n) is 2.21. The Bertz CT molecular complexity index is 738. The van der Waals surface area contributed by atoms with Crippen molar-refractivity contribution in [2.45, 2.75) is 19.8 Å². The largest absolute Gasteiger partial charge is 0.478 e. The van der Waals surface area contributed by atoms with Crippen LogP contribution in [0.15, 0.2) is 12.1 Å². The molecule has 0 radical (unpaired) electrons. The molecule has 0 aliphatic heterocycles. The number of carboxylic acid groups (broad SMARTS) is 1. The van der Waals surface area contributed by atoms with Gasteiger partial charge in [0.1, 0.15) is 5.82 Å². The van der Waals surface area contributed by atoms with Crippen LogP contribution < -0.4 is 4.74 Å². The Labute approximate surface area is 126 Å². The van der Waals surface area contributed by atoms with E-state index in [0.29, 0.717) is 18.1 Å². The number of hydrogen-bond donors (Lipinski definition) is 1. The fraction of sp³-hybridized carbons (Fsp3) is 0.400. The summed E-state index contributed by atoms with van der Waals surface area (Å²) in [6.07, 6.45) is 2.29. The molecule has 1 heterocycles. The predicted molar refractivity (Wildman–Crippen MR) is 76.3 cm³/mol. The molecule has 0 amide bonds. The number of rotatable bonds is 5. The maximum absolute atomic E-state index is 14.2. The van der Waals surface area contributed by atoms with Crippen molar-refractivity contribution in [3.05, 3.63) is 29.1 Å². The molecule has 116 valence electrons. The molecule has 1 N–H and O–H groups in total. The van der Waals surface area contributed by atoms with Crippen LogP contribution in [0.25, 0.3) is 11.4 Å². The molecule has 1 aliphatic rings. The van der Waals surface area contributed by atoms with Crippen LogP contribution in [0, 0.1) is 18.7 Å². The Morgan fingerprint density at radius 3 is 2.86 bits per heavy atom. The lowest BCUT2D eigenvalue weighted by molar-refractivity contribution is 0.0696. The zero-order valence-electron chi connectivity index (χ0n) is 12.3. The van der Waals surface area contributed by atoms with Crippen molar-refractivity contribution >= 4 is 5.97 Å². The van der Waals surface area contributed by atoms with Crippen LogP contribution in [-0.2, 0) is 7.05 Å². The molecule has 1 fully saturated rings. The van der Waals surface area contributed by atoms with Gasteiger partial charge in [-0.15, -0.1) is 5.10 Å². The van der Waals surface area contributed by atoms with Gasteiger partial charge in [0.15, 0.2) is 5.82 Å². The molecule has 3 rings (SSSR count). The molecule has 1 saturated carbocycles. The zero-order valence-corrected chi connectivity index (χ0v) is 12.3. The fourth-order valence-corrected chi connectivity index (χ4v) is 2.21. The van der Waals surface area contributed by atoms with E-state index >= 15 is 0 Å². The van der Waals surface area contributed by atoms with Crippen molar-refractivity contribution in [1.82, 2.24) is 14.8 Å². The van der Waals surface area contributed by atoms with Crippen molar-refractivity contribution in [2.75, 3.05) is 6.61 Å². The number of hydrogen-bond acceptors (Lipinski definition) is 4. The lowest BCUT2D eigenvalue weighted by Gasteiger charge is -2.06. The van der Waals surface area contributed by atoms with Gasteiger partial charge in [-0.25, -0.2) is 13.9 Å². The first-order valence-electron chi connectivity index (χ1n) is 7.03. The Morgan fingerprint density at radius 1 is 1.50 bits per heavy atom. The topological polar surface area (TPSA) is 77.2 Å². The van der Waals surface area contributed by atoms with Crippen molar-refractivity contribution in [3.8, 4) is 17.4 Å². The SMILES string of the molecule is Cc1cc(F)c(-c2nc(OCC3CC3)nn2C)cc1C(=O)O. The molecule has 1 aliphatic carbocycles. The van der Waals surface area contributed by atoms with Crippen LogP contribution in [0.1, 0.15) is 28.8 Å². The Kier molecular flexibility index (Phi) is 3.56. The van der Waals surface area contributed by atoms with E-state index in [0.717, 1.165) is 12.8 Å². The van der Waals surface area contributed by atoms with Crippen LogP contribution in [0.2, 0.25) is 0 Å². The third-order valence-electron chi connectivity index (χ3n) is 3.67. The Balaban J connectivity index is 1.95. The summed E-state index contributed by atoms with van der Waals surface area (Å²) in [7, 11) is 1.62. The summed E-state index contributed by atoms with van der Waals surface area (Å²) in [5.41, 5.74) is 0.500. The van der Waals surface area contributed by atoms with E-state index in [2.05, 4.69) is 10.1 Å². The van der Waals surface area contributed by atoms with E-state index in [1.807, 2.05) is 0 Å². The summed E-state index contributed by atoms with van der Waals surface area (Å²) in [5, 5.41) is 13.3. The van der Waals surface area contributed by atoms with E-state index in [1.54, 1.807) is 14.0 Å². The van der Waals surface area contributed by atoms with Gasteiger partial charge in [0.25, 0.3) is 0 Å². The summed E-state index contributed by atoms with van der Waals surface area (Å²) >= 11 is 0. The van der Waals surface area contributed by atoms with E-state index in [1.165, 1.54) is 16.8 Å². The normalized spacial score (nSPS) is 14.1. The maximum atomic E-state index is 14.2. The third-order valence-corrected chi connectivity index (χ3v) is 3.67. The second-order valence-electron chi connectivity index (χ2n) is 5.55. The number of aryl methyl sites for hydroxylation is 2. The molecule has 0 spiro atoms. The van der Waals surface area contributed by atoms with Crippen LogP contribution >= 0.6 is 0 Å². The molecule has 1 aromatic heterocycles. The maximum Gasteiger partial charge on any atom is 0.336 e. The second-order valence-corrected chi connectivity index (χ2v) is 5.55. The molecule has 22 heavy (non-hydrogen) atoms. The summed E-state index contributed by atoms with van der Waals surface area (Å²) in [4.78, 5) is 15.4. The highest BCUT2D eigenvalue weighted by molar-refractivity contribution is 5.90. The number of benzene rings is 1. The molecule has 0 atom stereocenters. The quantitative estimate of drug-likeness (QED) is 0.918. The summed E-state index contributed by atoms with van der Waals surface area (Å²) in [6.45, 7) is 2.11. The number of ether oxygens (including phenoxy) is 1. The Morgan fingerprint density at radius 2 is 2.23 bits per heavy atom. The number of aromatic nitrogens is 3. The van der Waals surface area contributed by atoms with E-state index in [4.69, 9.17) is 9.84 Å². The van der Waals surface area contributed by atoms with Gasteiger partial charge in [-0.05, 0) is 43.4 Å². The standard InChI is InChI=1S/C15H16FN3O3/c1-8-5-12(16)11(6-10(8)14(20)21)13-17-15(18-19(13)2)22-7-9-3-4-9/h5-6,9H,3-4,7H2,1-2H3,(H,20,21). The van der Waals surface area contributed by atoms with Crippen molar-refractivity contribution in [1.29, 1.82) is 0 Å². The van der Waals surface area contributed by atoms with Crippen LogP contribution in [0.5, 0.6) is 6.01 Å². The van der Waals surface area contributed by atoms with Crippen molar-refractivity contribution in [2.24, 2.45) is 13.0 Å². The Hall–Kier alpha value is -2.44. The number of halogens is 1. The first kappa shape index (κ1) is 14.5. The van der Waals surface area contributed by atoms with E-state index < -0.39 is 11.8 Å². The molecule has 7 heteroatoms. The van der Waals surface area contributed by atoms with Crippen LogP contribution in [0.3, 0.4) is 0 Å². The lowest BCUT2D eigenvalue weighted by atomic mass is 10.0. The van der Waals surface area contributed by atoms with Crippen molar-refractivity contribution < 1.29 is 19.0 Å². The first-order chi connectivity index (χ1) is 10.5. The monoisotopic (exact) mass is 305 g/mol. The average Bonchev–Trinajstić information content (AvgIpc) is 3.20. The first-order valence-corrected chi connectivity index (χ1v) is 7.03. The van der Waals surface area contributed by atoms with Gasteiger partial charge >= 0.3 is 12.0 Å². The van der Waals surface area contributed by atoms with Gasteiger partial charge < -0.3 is 9.84 Å². The summed E-state index contributed by atoms with van der Waals surface area (Å²) in [5.74, 6) is -0.842. The lowest BCUT2D eigenvalue weighted by Crippen LogP contribution is -2.04. The van der Waals surface area contributed by atoms with Crippen molar-refractivity contribution in [3.63, 3.8) is 0 Å². The van der Waals surface area contributed by atoms with Gasteiger partial charge in [0.05, 0.1) is 17.7 Å². The predicted octanol–water partition coefficient (Wildman–Crippen LogP) is 2.42. The molecule has 0 saturated heterocycles. The minimum absolute atomic E-state index is 0.0415. The highest BCUT2D eigenvalue weighted by Gasteiger charge is 2.24. The molecule has 2 aromatic rings. The summed E-state index contributed by atoms with van der Waals surface area (Å²) < 4.78 is 21.0. The highest BCUT2D eigenvalue weighted by Crippen LogP contribution is 2.30. The van der Waals surface area contributed by atoms with Crippen LogP contribution in [-0.4, -0.2) is 32.4 Å². The molecular formula is C15H16FN3O3. The third kappa shape index (κ3) is 2.79. The van der Waals surface area contributed by atoms with Gasteiger partial charge in [-0.2, -0.15) is 4.98 Å². The minimum Gasteiger partial charge on any atom is -0.478 e. The smallest absolute Gasteiger partial charge is 0.336 e. The van der Waals surface area contributed by atoms with Gasteiger partial charge in [-0.1, -0.05) is 0 Å². The van der Waals surface area contributed by atoms with E-state index in [9.17, 15) is 9.18 Å². The molecular weight excluding hydrogens is 289 g/mol. The second kappa shape index (κ2) is 5.40. The van der Waals surface area contributed by atoms with E-state index in [-0.39, 0.29) is 23.0 Å². The zero-order chi connectivity index (χ0) is 15.9. The summed E-state index contributed by atoms with van der Waals surface area (Å²) in [6, 6.07) is 2.65. The number of carboxylic acids is 1. The molecule has 6 nitrogen and oxygen atoms in total. The minimum atomic E-state index is -1.11. The molecule has 1 aromatic carbocycles. The number of aromatic carboxylic acids is 1. The molecule has 0 bridgehead atoms. The van der Waals surface area contributed by atoms with Crippen LogP contribution in [0.4, 0.5) is 4.39 Å². The average molecular weight is 305 g/mol. The van der Waals surface area contributed by atoms with Gasteiger partial charge in [0.2, 0.25) is 0 Å². The number of carbonyl (C=O) groups is 1. The number of nitrogens with zero attached hydrogens (tertiary/aromatic N) is 3. The highest BCUT2D eigenvalue weighted by atomic mass is 19.1. The molecule has 0 unspecified atom stereocenters. The van der Waals surface area contributed by atoms with Gasteiger partial charge in [0, 0.05) is 7.05 Å². The van der Waals surface area contributed by atoms with Gasteiger partial charge in [-0.3, -0.25) is 0 Å².